The molecule has 0 aliphatic carbocycles. The molecule has 5 nitrogen and oxygen atoms in total. The lowest BCUT2D eigenvalue weighted by molar-refractivity contribution is -0.137. The van der Waals surface area contributed by atoms with Crippen molar-refractivity contribution in [1.29, 1.82) is 0 Å². The van der Waals surface area contributed by atoms with Crippen LogP contribution in [0.2, 0.25) is 0 Å². The van der Waals surface area contributed by atoms with Gasteiger partial charge in [-0.15, -0.1) is 0 Å². The van der Waals surface area contributed by atoms with Gasteiger partial charge in [0.2, 0.25) is 0 Å². The van der Waals surface area contributed by atoms with E-state index < -0.39 is 11.8 Å². The zero-order chi connectivity index (χ0) is 13.1. The first kappa shape index (κ1) is 12.4. The number of hydrogen-bond acceptors (Lipinski definition) is 5. The minimum Gasteiger partial charge on any atom is -0.489 e. The van der Waals surface area contributed by atoms with Crippen LogP contribution in [0.4, 0.5) is 5.69 Å². The number of rotatable bonds is 3. The molecule has 0 N–H and O–H groups in total. The summed E-state index contributed by atoms with van der Waals surface area (Å²) in [7, 11) is 1.92. The number of likely N-dealkylation sites (N-methyl/N-ethyl adjacent to an activating group) is 1. The number of fused-ring (bicyclic) bond motifs is 1. The molecule has 5 heteroatoms. The van der Waals surface area contributed by atoms with Gasteiger partial charge in [-0.2, -0.15) is 0 Å². The summed E-state index contributed by atoms with van der Waals surface area (Å²) in [5.74, 6) is -1.05. The summed E-state index contributed by atoms with van der Waals surface area (Å²) in [4.78, 5) is 25.4. The van der Waals surface area contributed by atoms with E-state index in [1.807, 2.05) is 18.0 Å². The first-order valence-corrected chi connectivity index (χ1v) is 5.83. The lowest BCUT2D eigenvalue weighted by atomic mass is 10.1. The SMILES string of the molecule is CCOC(=O)C(=O)c1cccc2c1OCCN2C. The van der Waals surface area contributed by atoms with E-state index in [0.29, 0.717) is 12.4 Å². The highest BCUT2D eigenvalue weighted by atomic mass is 16.5. The van der Waals surface area contributed by atoms with Crippen molar-refractivity contribution in [1.82, 2.24) is 0 Å². The molecule has 0 atom stereocenters. The van der Waals surface area contributed by atoms with Crippen LogP contribution in [0.1, 0.15) is 17.3 Å². The van der Waals surface area contributed by atoms with E-state index in [1.165, 1.54) is 0 Å². The molecule has 0 saturated heterocycles. The molecule has 0 bridgehead atoms. The highest BCUT2D eigenvalue weighted by molar-refractivity contribution is 6.41. The summed E-state index contributed by atoms with van der Waals surface area (Å²) in [6, 6.07) is 5.17. The van der Waals surface area contributed by atoms with Crippen LogP contribution < -0.4 is 9.64 Å². The molecule has 96 valence electrons. The summed E-state index contributed by atoms with van der Waals surface area (Å²) in [5.41, 5.74) is 1.08. The number of Topliss-reactive ketones (excluding diaryl/α,β-unsaturated/α-hetero) is 1. The maximum Gasteiger partial charge on any atom is 0.379 e. The van der Waals surface area contributed by atoms with Crippen LogP contribution >= 0.6 is 0 Å². The van der Waals surface area contributed by atoms with E-state index >= 15 is 0 Å². The third-order valence-corrected chi connectivity index (χ3v) is 2.78. The van der Waals surface area contributed by atoms with E-state index in [2.05, 4.69) is 0 Å². The Morgan fingerprint density at radius 3 is 2.94 bits per heavy atom. The average molecular weight is 249 g/mol. The van der Waals surface area contributed by atoms with Crippen LogP contribution in [0.5, 0.6) is 5.75 Å². The molecule has 1 aliphatic rings. The molecule has 0 saturated carbocycles. The third-order valence-electron chi connectivity index (χ3n) is 2.78. The first-order chi connectivity index (χ1) is 8.65. The molecular weight excluding hydrogens is 234 g/mol. The Bertz CT molecular complexity index is 484. The number of ketones is 1. The molecule has 0 radical (unpaired) electrons. The van der Waals surface area contributed by atoms with Crippen LogP contribution in [-0.4, -0.2) is 38.6 Å². The number of hydrogen-bond donors (Lipinski definition) is 0. The van der Waals surface area contributed by atoms with E-state index in [9.17, 15) is 9.59 Å². The Hall–Kier alpha value is -2.04. The van der Waals surface area contributed by atoms with Gasteiger partial charge in [-0.05, 0) is 19.1 Å². The molecule has 0 unspecified atom stereocenters. The van der Waals surface area contributed by atoms with Crippen molar-refractivity contribution >= 4 is 17.4 Å². The van der Waals surface area contributed by atoms with E-state index in [-0.39, 0.29) is 12.2 Å². The third kappa shape index (κ3) is 2.16. The van der Waals surface area contributed by atoms with Gasteiger partial charge in [-0.3, -0.25) is 4.79 Å². The van der Waals surface area contributed by atoms with E-state index in [4.69, 9.17) is 9.47 Å². The Balaban J connectivity index is 2.37. The van der Waals surface area contributed by atoms with Crippen molar-refractivity contribution in [2.45, 2.75) is 6.92 Å². The number of nitrogens with zero attached hydrogens (tertiary/aromatic N) is 1. The highest BCUT2D eigenvalue weighted by Gasteiger charge is 2.26. The smallest absolute Gasteiger partial charge is 0.379 e. The molecule has 0 spiro atoms. The lowest BCUT2D eigenvalue weighted by Crippen LogP contribution is -2.30. The van der Waals surface area contributed by atoms with Gasteiger partial charge in [0, 0.05) is 7.05 Å². The quantitative estimate of drug-likeness (QED) is 0.458. The fraction of sp³-hybridized carbons (Fsp3) is 0.385. The van der Waals surface area contributed by atoms with Gasteiger partial charge in [-0.1, -0.05) is 6.07 Å². The summed E-state index contributed by atoms with van der Waals surface area (Å²) in [6.45, 7) is 3.09. The zero-order valence-electron chi connectivity index (χ0n) is 10.4. The fourth-order valence-corrected chi connectivity index (χ4v) is 1.87. The molecular formula is C13H15NO4. The second kappa shape index (κ2) is 5.08. The Kier molecular flexibility index (Phi) is 3.50. The minimum atomic E-state index is -0.845. The Morgan fingerprint density at radius 2 is 2.22 bits per heavy atom. The van der Waals surface area contributed by atoms with Crippen molar-refractivity contribution in [3.8, 4) is 5.75 Å². The predicted molar refractivity (Wildman–Crippen MR) is 66.2 cm³/mol. The van der Waals surface area contributed by atoms with Crippen LogP contribution in [0, 0.1) is 0 Å². The maximum absolute atomic E-state index is 11.9. The maximum atomic E-state index is 11.9. The molecule has 1 aromatic rings. The van der Waals surface area contributed by atoms with Crippen LogP contribution in [0.15, 0.2) is 18.2 Å². The molecule has 0 amide bonds. The van der Waals surface area contributed by atoms with Gasteiger partial charge in [0.15, 0.2) is 5.75 Å². The monoisotopic (exact) mass is 249 g/mol. The lowest BCUT2D eigenvalue weighted by Gasteiger charge is -2.28. The largest absolute Gasteiger partial charge is 0.489 e. The molecule has 1 heterocycles. The second-order valence-electron chi connectivity index (χ2n) is 3.97. The van der Waals surface area contributed by atoms with Crippen molar-refractivity contribution in [3.05, 3.63) is 23.8 Å². The number of para-hydroxylation sites is 1. The van der Waals surface area contributed by atoms with Crippen LogP contribution in [-0.2, 0) is 9.53 Å². The molecule has 0 aromatic heterocycles. The molecule has 0 fully saturated rings. The number of carbonyl (C=O) groups excluding carboxylic acids is 2. The summed E-state index contributed by atoms with van der Waals surface area (Å²) >= 11 is 0. The molecule has 1 aliphatic heterocycles. The van der Waals surface area contributed by atoms with Gasteiger partial charge in [0.25, 0.3) is 5.78 Å². The predicted octanol–water partition coefficient (Wildman–Crippen LogP) is 1.26. The number of anilines is 1. The van der Waals surface area contributed by atoms with Crippen LogP contribution in [0.3, 0.4) is 0 Å². The minimum absolute atomic E-state index is 0.181. The number of ether oxygens (including phenoxy) is 2. The van der Waals surface area contributed by atoms with Crippen molar-refractivity contribution in [3.63, 3.8) is 0 Å². The summed E-state index contributed by atoms with van der Waals surface area (Å²) in [5, 5.41) is 0. The van der Waals surface area contributed by atoms with Crippen LogP contribution in [0.25, 0.3) is 0 Å². The Labute approximate surface area is 105 Å². The molecule has 1 aromatic carbocycles. The van der Waals surface area contributed by atoms with Crippen molar-refractivity contribution in [2.24, 2.45) is 0 Å². The highest BCUT2D eigenvalue weighted by Crippen LogP contribution is 2.34. The number of benzene rings is 1. The van der Waals surface area contributed by atoms with E-state index in [0.717, 1.165) is 12.2 Å². The summed E-state index contributed by atoms with van der Waals surface area (Å²) < 4.78 is 10.2. The molecule has 2 rings (SSSR count). The average Bonchev–Trinajstić information content (AvgIpc) is 2.38. The second-order valence-corrected chi connectivity index (χ2v) is 3.97. The Morgan fingerprint density at radius 1 is 1.44 bits per heavy atom. The molecule has 18 heavy (non-hydrogen) atoms. The number of esters is 1. The zero-order valence-corrected chi connectivity index (χ0v) is 10.4. The van der Waals surface area contributed by atoms with Gasteiger partial charge in [0.1, 0.15) is 6.61 Å². The van der Waals surface area contributed by atoms with Gasteiger partial charge >= 0.3 is 5.97 Å². The first-order valence-electron chi connectivity index (χ1n) is 5.83. The standard InChI is InChI=1S/C13H15NO4/c1-3-17-13(16)11(15)9-5-4-6-10-12(9)18-8-7-14(10)2/h4-6H,3,7-8H2,1-2H3. The van der Waals surface area contributed by atoms with E-state index in [1.54, 1.807) is 19.1 Å². The van der Waals surface area contributed by atoms with Crippen molar-refractivity contribution < 1.29 is 19.1 Å². The van der Waals surface area contributed by atoms with Gasteiger partial charge in [-0.25, -0.2) is 4.79 Å². The normalized spacial score (nSPS) is 13.6. The number of carbonyl (C=O) groups is 2. The van der Waals surface area contributed by atoms with Crippen molar-refractivity contribution in [2.75, 3.05) is 31.7 Å². The van der Waals surface area contributed by atoms with Gasteiger partial charge in [0.05, 0.1) is 24.4 Å². The van der Waals surface area contributed by atoms with Gasteiger partial charge < -0.3 is 14.4 Å². The topological polar surface area (TPSA) is 55.8 Å². The fourth-order valence-electron chi connectivity index (χ4n) is 1.87. The summed E-state index contributed by atoms with van der Waals surface area (Å²) in [6.07, 6.45) is 0.